The SMILES string of the molecule is O=C(c1ccc(=O)[nH]n1)N1CC[C@@](O)(CN2CCC(F)(F)CC2)C1. The Morgan fingerprint density at radius 3 is 2.58 bits per heavy atom. The Balaban J connectivity index is 1.58. The highest BCUT2D eigenvalue weighted by atomic mass is 19.3. The van der Waals surface area contributed by atoms with E-state index in [0.29, 0.717) is 13.0 Å². The summed E-state index contributed by atoms with van der Waals surface area (Å²) in [6, 6.07) is 2.56. The molecule has 7 nitrogen and oxygen atoms in total. The number of likely N-dealkylation sites (tertiary alicyclic amines) is 2. The van der Waals surface area contributed by atoms with Gasteiger partial charge in [0.25, 0.3) is 17.4 Å². The number of aromatic nitrogens is 2. The Morgan fingerprint density at radius 2 is 1.96 bits per heavy atom. The van der Waals surface area contributed by atoms with Crippen molar-refractivity contribution in [3.8, 4) is 0 Å². The van der Waals surface area contributed by atoms with E-state index in [1.165, 1.54) is 17.0 Å². The number of hydrogen-bond acceptors (Lipinski definition) is 5. The van der Waals surface area contributed by atoms with Gasteiger partial charge < -0.3 is 10.0 Å². The van der Waals surface area contributed by atoms with Crippen molar-refractivity contribution in [2.45, 2.75) is 30.8 Å². The molecule has 0 radical (unpaired) electrons. The van der Waals surface area contributed by atoms with Crippen molar-refractivity contribution in [3.05, 3.63) is 28.2 Å². The number of amides is 1. The number of aromatic amines is 1. The lowest BCUT2D eigenvalue weighted by Crippen LogP contribution is -2.49. The molecular formula is C15H20F2N4O3. The van der Waals surface area contributed by atoms with Gasteiger partial charge in [0, 0.05) is 45.1 Å². The predicted molar refractivity (Wildman–Crippen MR) is 80.9 cm³/mol. The van der Waals surface area contributed by atoms with Crippen LogP contribution in [0.5, 0.6) is 0 Å². The molecule has 0 saturated carbocycles. The third kappa shape index (κ3) is 3.78. The van der Waals surface area contributed by atoms with E-state index >= 15 is 0 Å². The number of carbonyl (C=O) groups is 1. The van der Waals surface area contributed by atoms with E-state index in [0.717, 1.165) is 0 Å². The first kappa shape index (κ1) is 17.0. The van der Waals surface area contributed by atoms with Crippen LogP contribution in [0.3, 0.4) is 0 Å². The molecule has 2 saturated heterocycles. The summed E-state index contributed by atoms with van der Waals surface area (Å²) in [5, 5.41) is 16.6. The molecule has 0 aliphatic carbocycles. The fraction of sp³-hybridized carbons (Fsp3) is 0.667. The number of rotatable bonds is 3. The number of H-pyrrole nitrogens is 1. The van der Waals surface area contributed by atoms with Crippen LogP contribution in [-0.2, 0) is 0 Å². The number of alkyl halides is 2. The van der Waals surface area contributed by atoms with Crippen LogP contribution in [0.1, 0.15) is 29.8 Å². The van der Waals surface area contributed by atoms with Crippen LogP contribution < -0.4 is 5.56 Å². The van der Waals surface area contributed by atoms with Crippen molar-refractivity contribution in [3.63, 3.8) is 0 Å². The predicted octanol–water partition coefficient (Wildman–Crippen LogP) is 0.0780. The molecule has 1 atom stereocenters. The maximum atomic E-state index is 13.2. The molecule has 0 aromatic carbocycles. The molecule has 0 spiro atoms. The van der Waals surface area contributed by atoms with E-state index in [4.69, 9.17) is 0 Å². The number of β-amino-alcohol motifs (C(OH)–C–C–N with tert-alkyl or cyclic N) is 1. The summed E-state index contributed by atoms with van der Waals surface area (Å²) >= 11 is 0. The summed E-state index contributed by atoms with van der Waals surface area (Å²) in [6.07, 6.45) is -0.0188. The summed E-state index contributed by atoms with van der Waals surface area (Å²) < 4.78 is 26.4. The van der Waals surface area contributed by atoms with Gasteiger partial charge in [-0.05, 0) is 12.5 Å². The van der Waals surface area contributed by atoms with Crippen LogP contribution in [0.2, 0.25) is 0 Å². The zero-order chi connectivity index (χ0) is 17.4. The Bertz CT molecular complexity index is 650. The summed E-state index contributed by atoms with van der Waals surface area (Å²) in [5.74, 6) is -2.99. The average Bonchev–Trinajstić information content (AvgIpc) is 2.92. The number of nitrogens with one attached hydrogen (secondary N) is 1. The van der Waals surface area contributed by atoms with Crippen LogP contribution in [0, 0.1) is 0 Å². The van der Waals surface area contributed by atoms with Gasteiger partial charge in [-0.3, -0.25) is 14.5 Å². The van der Waals surface area contributed by atoms with E-state index in [9.17, 15) is 23.5 Å². The maximum absolute atomic E-state index is 13.2. The highest BCUT2D eigenvalue weighted by molar-refractivity contribution is 5.92. The first-order valence-corrected chi connectivity index (χ1v) is 7.94. The monoisotopic (exact) mass is 342 g/mol. The van der Waals surface area contributed by atoms with E-state index < -0.39 is 17.1 Å². The lowest BCUT2D eigenvalue weighted by molar-refractivity contribution is -0.0720. The lowest BCUT2D eigenvalue weighted by atomic mass is 10.00. The van der Waals surface area contributed by atoms with Gasteiger partial charge in [-0.1, -0.05) is 0 Å². The fourth-order valence-electron chi connectivity index (χ4n) is 3.24. The molecular weight excluding hydrogens is 322 g/mol. The van der Waals surface area contributed by atoms with Gasteiger partial charge in [0.15, 0.2) is 0 Å². The number of nitrogens with zero attached hydrogens (tertiary/aromatic N) is 3. The Hall–Kier alpha value is -1.87. The molecule has 24 heavy (non-hydrogen) atoms. The van der Waals surface area contributed by atoms with Gasteiger partial charge in [-0.2, -0.15) is 5.10 Å². The van der Waals surface area contributed by atoms with Crippen molar-refractivity contribution < 1.29 is 18.7 Å². The van der Waals surface area contributed by atoms with E-state index in [-0.39, 0.29) is 50.6 Å². The third-order valence-electron chi connectivity index (χ3n) is 4.62. The summed E-state index contributed by atoms with van der Waals surface area (Å²) in [5.41, 5.74) is -1.40. The normalized spacial score (nSPS) is 27.4. The fourth-order valence-corrected chi connectivity index (χ4v) is 3.24. The van der Waals surface area contributed by atoms with E-state index in [2.05, 4.69) is 10.2 Å². The van der Waals surface area contributed by atoms with Crippen LogP contribution >= 0.6 is 0 Å². The smallest absolute Gasteiger partial charge is 0.274 e. The maximum Gasteiger partial charge on any atom is 0.274 e. The molecule has 2 fully saturated rings. The summed E-state index contributed by atoms with van der Waals surface area (Å²) in [6.45, 7) is 1.24. The minimum Gasteiger partial charge on any atom is -0.387 e. The van der Waals surface area contributed by atoms with Crippen molar-refractivity contribution in [1.29, 1.82) is 0 Å². The zero-order valence-corrected chi connectivity index (χ0v) is 13.2. The van der Waals surface area contributed by atoms with Gasteiger partial charge in [-0.25, -0.2) is 13.9 Å². The minimum absolute atomic E-state index is 0.108. The molecule has 9 heteroatoms. The van der Waals surface area contributed by atoms with E-state index in [1.807, 2.05) is 4.90 Å². The second kappa shape index (κ2) is 6.21. The number of hydrogen-bond donors (Lipinski definition) is 2. The molecule has 0 unspecified atom stereocenters. The van der Waals surface area contributed by atoms with Crippen LogP contribution in [0.4, 0.5) is 8.78 Å². The Labute approximate surface area is 137 Å². The lowest BCUT2D eigenvalue weighted by Gasteiger charge is -2.36. The Morgan fingerprint density at radius 1 is 1.25 bits per heavy atom. The van der Waals surface area contributed by atoms with Crippen molar-refractivity contribution in [2.75, 3.05) is 32.7 Å². The first-order valence-electron chi connectivity index (χ1n) is 7.94. The molecule has 2 aliphatic rings. The largest absolute Gasteiger partial charge is 0.387 e. The average molecular weight is 342 g/mol. The first-order chi connectivity index (χ1) is 11.3. The molecule has 3 heterocycles. The molecule has 3 rings (SSSR count). The van der Waals surface area contributed by atoms with Gasteiger partial charge in [0.05, 0.1) is 12.1 Å². The number of piperidine rings is 1. The van der Waals surface area contributed by atoms with Crippen LogP contribution in [0.15, 0.2) is 16.9 Å². The molecule has 0 bridgehead atoms. The summed E-state index contributed by atoms with van der Waals surface area (Å²) in [7, 11) is 0. The number of aliphatic hydroxyl groups is 1. The number of halogens is 2. The molecule has 1 amide bonds. The highest BCUT2D eigenvalue weighted by Crippen LogP contribution is 2.30. The topological polar surface area (TPSA) is 89.5 Å². The van der Waals surface area contributed by atoms with Gasteiger partial charge in [-0.15, -0.1) is 0 Å². The zero-order valence-electron chi connectivity index (χ0n) is 13.2. The molecule has 1 aromatic heterocycles. The van der Waals surface area contributed by atoms with Crippen molar-refractivity contribution in [2.24, 2.45) is 0 Å². The second-order valence-electron chi connectivity index (χ2n) is 6.64. The molecule has 1 aromatic rings. The highest BCUT2D eigenvalue weighted by Gasteiger charge is 2.42. The third-order valence-corrected chi connectivity index (χ3v) is 4.62. The minimum atomic E-state index is -2.62. The van der Waals surface area contributed by atoms with Gasteiger partial charge in [0.1, 0.15) is 5.69 Å². The summed E-state index contributed by atoms with van der Waals surface area (Å²) in [4.78, 5) is 26.6. The van der Waals surface area contributed by atoms with E-state index in [1.54, 1.807) is 0 Å². The molecule has 2 aliphatic heterocycles. The van der Waals surface area contributed by atoms with Crippen LogP contribution in [-0.4, -0.2) is 75.3 Å². The standard InChI is InChI=1S/C15H20F2N4O3/c16-15(17)4-6-20(7-5-15)9-14(24)3-8-21(10-14)13(23)11-1-2-12(22)19-18-11/h1-2,24H,3-10H2,(H,19,22)/t14-/m1/s1. The quantitative estimate of drug-likeness (QED) is 0.812. The molecule has 2 N–H and O–H groups in total. The van der Waals surface area contributed by atoms with Gasteiger partial charge in [0.2, 0.25) is 0 Å². The second-order valence-corrected chi connectivity index (χ2v) is 6.64. The number of carbonyl (C=O) groups excluding carboxylic acids is 1. The van der Waals surface area contributed by atoms with Crippen molar-refractivity contribution >= 4 is 5.91 Å². The molecule has 132 valence electrons. The van der Waals surface area contributed by atoms with Gasteiger partial charge >= 0.3 is 0 Å². The van der Waals surface area contributed by atoms with Crippen molar-refractivity contribution in [1.82, 2.24) is 20.0 Å². The Kier molecular flexibility index (Phi) is 4.39. The van der Waals surface area contributed by atoms with Crippen LogP contribution in [0.25, 0.3) is 0 Å².